The summed E-state index contributed by atoms with van der Waals surface area (Å²) in [4.78, 5) is 11.3. The molecule has 0 bridgehead atoms. The quantitative estimate of drug-likeness (QED) is 0.872. The highest BCUT2D eigenvalue weighted by atomic mass is 16.5. The van der Waals surface area contributed by atoms with Gasteiger partial charge in [0.25, 0.3) is 0 Å². The Labute approximate surface area is 113 Å². The van der Waals surface area contributed by atoms with Gasteiger partial charge >= 0.3 is 5.97 Å². The molecule has 2 N–H and O–H groups in total. The molecule has 0 aromatic heterocycles. The molecule has 0 saturated carbocycles. The number of carboxylic acids is 1. The molecular weight excluding hydrogens is 242 g/mol. The molecule has 1 aliphatic rings. The van der Waals surface area contributed by atoms with Gasteiger partial charge in [0.15, 0.2) is 0 Å². The summed E-state index contributed by atoms with van der Waals surface area (Å²) in [5, 5.41) is 12.5. The number of aliphatic carboxylic acids is 1. The highest BCUT2D eigenvalue weighted by Crippen LogP contribution is 2.36. The van der Waals surface area contributed by atoms with Crippen LogP contribution in [0, 0.1) is 5.92 Å². The first-order valence-electron chi connectivity index (χ1n) is 6.64. The Kier molecular flexibility index (Phi) is 3.80. The molecular formula is C15H21NO3. The lowest BCUT2D eigenvalue weighted by atomic mass is 9.74. The Hall–Kier alpha value is -1.55. The topological polar surface area (TPSA) is 58.6 Å². The Morgan fingerprint density at radius 3 is 2.58 bits per heavy atom. The van der Waals surface area contributed by atoms with Gasteiger partial charge < -0.3 is 15.2 Å². The molecule has 0 spiro atoms. The van der Waals surface area contributed by atoms with Crippen molar-refractivity contribution in [3.05, 3.63) is 29.8 Å². The standard InChI is InChI=1S/C15H21NO3/c1-10(2)19-12-6-4-11(5-7-12)15(3)9-16-8-13(15)14(17)18/h4-7,10,13,16H,8-9H2,1-3H3,(H,17,18). The molecule has 1 heterocycles. The zero-order valence-electron chi connectivity index (χ0n) is 11.6. The zero-order valence-corrected chi connectivity index (χ0v) is 11.6. The molecule has 0 amide bonds. The van der Waals surface area contributed by atoms with Crippen LogP contribution in [-0.2, 0) is 10.2 Å². The molecule has 2 unspecified atom stereocenters. The first-order valence-corrected chi connectivity index (χ1v) is 6.64. The summed E-state index contributed by atoms with van der Waals surface area (Å²) in [5.41, 5.74) is 0.684. The summed E-state index contributed by atoms with van der Waals surface area (Å²) in [6.07, 6.45) is 0.140. The lowest BCUT2D eigenvalue weighted by Crippen LogP contribution is -2.36. The largest absolute Gasteiger partial charge is 0.491 e. The summed E-state index contributed by atoms with van der Waals surface area (Å²) in [6.45, 7) is 7.18. The van der Waals surface area contributed by atoms with Crippen LogP contribution in [0.4, 0.5) is 0 Å². The van der Waals surface area contributed by atoms with Crippen molar-refractivity contribution in [1.29, 1.82) is 0 Å². The van der Waals surface area contributed by atoms with E-state index < -0.39 is 5.97 Å². The highest BCUT2D eigenvalue weighted by Gasteiger charge is 2.44. The highest BCUT2D eigenvalue weighted by molar-refractivity contribution is 5.73. The minimum Gasteiger partial charge on any atom is -0.491 e. The van der Waals surface area contributed by atoms with Gasteiger partial charge in [-0.25, -0.2) is 0 Å². The second-order valence-electron chi connectivity index (χ2n) is 5.63. The monoisotopic (exact) mass is 263 g/mol. The lowest BCUT2D eigenvalue weighted by Gasteiger charge is -2.28. The van der Waals surface area contributed by atoms with Crippen LogP contribution < -0.4 is 10.1 Å². The first-order chi connectivity index (χ1) is 8.93. The van der Waals surface area contributed by atoms with E-state index in [1.54, 1.807) is 0 Å². The predicted molar refractivity (Wildman–Crippen MR) is 73.6 cm³/mol. The van der Waals surface area contributed by atoms with Gasteiger partial charge in [0, 0.05) is 18.5 Å². The Morgan fingerprint density at radius 1 is 1.42 bits per heavy atom. The van der Waals surface area contributed by atoms with Crippen molar-refractivity contribution >= 4 is 5.97 Å². The van der Waals surface area contributed by atoms with Crippen molar-refractivity contribution in [2.24, 2.45) is 5.92 Å². The summed E-state index contributed by atoms with van der Waals surface area (Å²) in [6, 6.07) is 7.77. The minimum atomic E-state index is -0.741. The molecule has 0 aliphatic carbocycles. The van der Waals surface area contributed by atoms with Gasteiger partial charge in [0.05, 0.1) is 12.0 Å². The third-order valence-corrected chi connectivity index (χ3v) is 3.79. The van der Waals surface area contributed by atoms with E-state index >= 15 is 0 Å². The van der Waals surface area contributed by atoms with Crippen LogP contribution in [0.1, 0.15) is 26.3 Å². The molecule has 4 heteroatoms. The van der Waals surface area contributed by atoms with Crippen molar-refractivity contribution < 1.29 is 14.6 Å². The number of carboxylic acid groups (broad SMARTS) is 1. The molecule has 1 saturated heterocycles. The van der Waals surface area contributed by atoms with Crippen LogP contribution in [0.25, 0.3) is 0 Å². The second-order valence-corrected chi connectivity index (χ2v) is 5.63. The maximum Gasteiger partial charge on any atom is 0.308 e. The fourth-order valence-electron chi connectivity index (χ4n) is 2.67. The van der Waals surface area contributed by atoms with Crippen LogP contribution in [0.5, 0.6) is 5.75 Å². The minimum absolute atomic E-state index is 0.140. The van der Waals surface area contributed by atoms with Crippen LogP contribution in [0.2, 0.25) is 0 Å². The van der Waals surface area contributed by atoms with Crippen LogP contribution >= 0.6 is 0 Å². The van der Waals surface area contributed by atoms with Crippen molar-refractivity contribution in [2.75, 3.05) is 13.1 Å². The summed E-state index contributed by atoms with van der Waals surface area (Å²) in [7, 11) is 0. The molecule has 2 atom stereocenters. The number of ether oxygens (including phenoxy) is 1. The number of benzene rings is 1. The van der Waals surface area contributed by atoms with Crippen LogP contribution in [0.3, 0.4) is 0 Å². The van der Waals surface area contributed by atoms with Gasteiger partial charge in [-0.3, -0.25) is 4.79 Å². The second kappa shape index (κ2) is 5.21. The molecule has 104 valence electrons. The summed E-state index contributed by atoms with van der Waals surface area (Å²) >= 11 is 0. The third kappa shape index (κ3) is 2.73. The molecule has 2 rings (SSSR count). The molecule has 1 aliphatic heterocycles. The average molecular weight is 263 g/mol. The Balaban J connectivity index is 2.23. The third-order valence-electron chi connectivity index (χ3n) is 3.79. The average Bonchev–Trinajstić information content (AvgIpc) is 2.72. The van der Waals surface area contributed by atoms with Gasteiger partial charge in [-0.05, 0) is 31.5 Å². The van der Waals surface area contributed by atoms with Gasteiger partial charge in [-0.2, -0.15) is 0 Å². The van der Waals surface area contributed by atoms with Crippen molar-refractivity contribution in [2.45, 2.75) is 32.3 Å². The number of hydrogen-bond donors (Lipinski definition) is 2. The smallest absolute Gasteiger partial charge is 0.308 e. The van der Waals surface area contributed by atoms with Gasteiger partial charge in [0.1, 0.15) is 5.75 Å². The van der Waals surface area contributed by atoms with E-state index in [1.165, 1.54) is 0 Å². The van der Waals surface area contributed by atoms with Crippen molar-refractivity contribution in [3.8, 4) is 5.75 Å². The molecule has 0 radical (unpaired) electrons. The molecule has 4 nitrogen and oxygen atoms in total. The fourth-order valence-corrected chi connectivity index (χ4v) is 2.67. The maximum absolute atomic E-state index is 11.3. The van der Waals surface area contributed by atoms with Gasteiger partial charge in [0.2, 0.25) is 0 Å². The number of rotatable bonds is 4. The van der Waals surface area contributed by atoms with E-state index in [4.69, 9.17) is 4.74 Å². The number of hydrogen-bond acceptors (Lipinski definition) is 3. The molecule has 19 heavy (non-hydrogen) atoms. The lowest BCUT2D eigenvalue weighted by molar-refractivity contribution is -0.142. The Morgan fingerprint density at radius 2 is 2.05 bits per heavy atom. The maximum atomic E-state index is 11.3. The summed E-state index contributed by atoms with van der Waals surface area (Å²) in [5.74, 6) is -0.306. The normalized spacial score (nSPS) is 26.6. The fraction of sp³-hybridized carbons (Fsp3) is 0.533. The van der Waals surface area contributed by atoms with Crippen LogP contribution in [0.15, 0.2) is 24.3 Å². The van der Waals surface area contributed by atoms with Gasteiger partial charge in [-0.15, -0.1) is 0 Å². The van der Waals surface area contributed by atoms with E-state index in [0.29, 0.717) is 13.1 Å². The van der Waals surface area contributed by atoms with E-state index in [9.17, 15) is 9.90 Å². The van der Waals surface area contributed by atoms with E-state index in [-0.39, 0.29) is 17.4 Å². The molecule has 1 aromatic rings. The van der Waals surface area contributed by atoms with E-state index in [0.717, 1.165) is 11.3 Å². The molecule has 1 aromatic carbocycles. The predicted octanol–water partition coefficient (Wildman–Crippen LogP) is 2.04. The Bertz CT molecular complexity index is 455. The van der Waals surface area contributed by atoms with Crippen molar-refractivity contribution in [3.63, 3.8) is 0 Å². The number of nitrogens with one attached hydrogen (secondary N) is 1. The SMILES string of the molecule is CC(C)Oc1ccc(C2(C)CNCC2C(=O)O)cc1. The first kappa shape index (κ1) is 13.9. The summed E-state index contributed by atoms with van der Waals surface area (Å²) < 4.78 is 5.61. The molecule has 1 fully saturated rings. The van der Waals surface area contributed by atoms with E-state index in [1.807, 2.05) is 45.0 Å². The number of carbonyl (C=O) groups is 1. The van der Waals surface area contributed by atoms with Gasteiger partial charge in [-0.1, -0.05) is 19.1 Å². The zero-order chi connectivity index (χ0) is 14.0. The van der Waals surface area contributed by atoms with E-state index in [2.05, 4.69) is 5.32 Å². The van der Waals surface area contributed by atoms with Crippen LogP contribution in [-0.4, -0.2) is 30.3 Å². The van der Waals surface area contributed by atoms with Crippen molar-refractivity contribution in [1.82, 2.24) is 5.32 Å².